The lowest BCUT2D eigenvalue weighted by Gasteiger charge is -2.13. The van der Waals surface area contributed by atoms with Crippen molar-refractivity contribution in [3.05, 3.63) is 22.0 Å². The highest BCUT2D eigenvalue weighted by molar-refractivity contribution is 5.35. The van der Waals surface area contributed by atoms with Gasteiger partial charge in [0.2, 0.25) is 0 Å². The Balaban J connectivity index is 3.17. The molecular weight excluding hydrogens is 188 g/mol. The number of aromatic nitrogens is 2. The van der Waals surface area contributed by atoms with Gasteiger partial charge in [-0.3, -0.25) is 14.8 Å². The molecule has 0 aliphatic rings. The van der Waals surface area contributed by atoms with E-state index in [2.05, 4.69) is 5.10 Å². The van der Waals surface area contributed by atoms with Crippen molar-refractivity contribution >= 4 is 5.69 Å². The predicted molar refractivity (Wildman–Crippen MR) is 48.5 cm³/mol. The van der Waals surface area contributed by atoms with Crippen molar-refractivity contribution in [2.24, 2.45) is 12.8 Å². The average Bonchev–Trinajstić information content (AvgIpc) is 2.45. The summed E-state index contributed by atoms with van der Waals surface area (Å²) in [7, 11) is 1.52. The molecule has 1 heterocycles. The standard InChI is InChI=1S/C7H12N4O3/c1-4(8)7(12)6-5(11(13)14)3-9-10(6)2/h3-4,7,12H,8H2,1-2H3. The number of nitrogens with zero attached hydrogens (tertiary/aromatic N) is 3. The minimum atomic E-state index is -1.08. The van der Waals surface area contributed by atoms with Crippen molar-refractivity contribution in [1.29, 1.82) is 0 Å². The van der Waals surface area contributed by atoms with Crippen molar-refractivity contribution in [2.75, 3.05) is 0 Å². The molecule has 7 nitrogen and oxygen atoms in total. The van der Waals surface area contributed by atoms with Crippen LogP contribution >= 0.6 is 0 Å². The summed E-state index contributed by atoms with van der Waals surface area (Å²) < 4.78 is 1.26. The van der Waals surface area contributed by atoms with Crippen LogP contribution in [0, 0.1) is 10.1 Å². The molecule has 1 aromatic rings. The molecule has 1 aromatic heterocycles. The van der Waals surface area contributed by atoms with Gasteiger partial charge in [0, 0.05) is 13.1 Å². The maximum atomic E-state index is 10.6. The van der Waals surface area contributed by atoms with E-state index in [-0.39, 0.29) is 11.4 Å². The Labute approximate surface area is 80.3 Å². The second-order valence-electron chi connectivity index (χ2n) is 3.10. The number of aryl methyl sites for hydroxylation is 1. The molecule has 0 amide bonds. The monoisotopic (exact) mass is 200 g/mol. The van der Waals surface area contributed by atoms with Crippen molar-refractivity contribution in [3.8, 4) is 0 Å². The van der Waals surface area contributed by atoms with Gasteiger partial charge in [0.1, 0.15) is 18.0 Å². The number of hydrogen-bond donors (Lipinski definition) is 2. The number of aliphatic hydroxyl groups is 1. The Morgan fingerprint density at radius 2 is 2.36 bits per heavy atom. The number of rotatable bonds is 3. The molecule has 0 bridgehead atoms. The molecule has 2 unspecified atom stereocenters. The van der Waals surface area contributed by atoms with Crippen LogP contribution in [0.1, 0.15) is 18.7 Å². The highest BCUT2D eigenvalue weighted by atomic mass is 16.6. The maximum Gasteiger partial charge on any atom is 0.312 e. The summed E-state index contributed by atoms with van der Waals surface area (Å²) >= 11 is 0. The highest BCUT2D eigenvalue weighted by Crippen LogP contribution is 2.25. The molecule has 1 rings (SSSR count). The molecule has 3 N–H and O–H groups in total. The summed E-state index contributed by atoms with van der Waals surface area (Å²) in [6.45, 7) is 1.57. The molecular formula is C7H12N4O3. The van der Waals surface area contributed by atoms with Crippen LogP contribution in [0.5, 0.6) is 0 Å². The summed E-state index contributed by atoms with van der Waals surface area (Å²) in [5.74, 6) is 0. The first-order chi connectivity index (χ1) is 6.45. The first-order valence-corrected chi connectivity index (χ1v) is 4.05. The van der Waals surface area contributed by atoms with Crippen LogP contribution in [0.2, 0.25) is 0 Å². The van der Waals surface area contributed by atoms with E-state index in [0.29, 0.717) is 0 Å². The van der Waals surface area contributed by atoms with Gasteiger partial charge in [-0.2, -0.15) is 5.10 Å². The van der Waals surface area contributed by atoms with Crippen LogP contribution in [-0.2, 0) is 7.05 Å². The molecule has 0 aliphatic heterocycles. The van der Waals surface area contributed by atoms with E-state index < -0.39 is 17.1 Å². The first kappa shape index (κ1) is 10.6. The first-order valence-electron chi connectivity index (χ1n) is 4.05. The largest absolute Gasteiger partial charge is 0.385 e. The summed E-state index contributed by atoms with van der Waals surface area (Å²) in [6.07, 6.45) is 0.0175. The maximum absolute atomic E-state index is 10.6. The number of hydrogen-bond acceptors (Lipinski definition) is 5. The Hall–Kier alpha value is -1.47. The molecule has 0 aliphatic carbocycles. The summed E-state index contributed by atoms with van der Waals surface area (Å²) in [5.41, 5.74) is 5.37. The van der Waals surface area contributed by atoms with Crippen LogP contribution in [0.25, 0.3) is 0 Å². The molecule has 0 spiro atoms. The summed E-state index contributed by atoms with van der Waals surface area (Å²) in [4.78, 5) is 9.97. The van der Waals surface area contributed by atoms with E-state index in [4.69, 9.17) is 5.73 Å². The van der Waals surface area contributed by atoms with Gasteiger partial charge in [0.15, 0.2) is 0 Å². The molecule has 0 radical (unpaired) electrons. The van der Waals surface area contributed by atoms with E-state index in [0.717, 1.165) is 6.20 Å². The smallest absolute Gasteiger partial charge is 0.312 e. The number of nitrogens with two attached hydrogens (primary N) is 1. The minimum Gasteiger partial charge on any atom is -0.385 e. The molecule has 14 heavy (non-hydrogen) atoms. The van der Waals surface area contributed by atoms with Crippen LogP contribution in [0.15, 0.2) is 6.20 Å². The van der Waals surface area contributed by atoms with Crippen LogP contribution in [0.3, 0.4) is 0 Å². The normalized spacial score (nSPS) is 15.1. The van der Waals surface area contributed by atoms with Gasteiger partial charge < -0.3 is 10.8 Å². The third kappa shape index (κ3) is 1.73. The Bertz CT molecular complexity index is 347. The topological polar surface area (TPSA) is 107 Å². The molecule has 0 aromatic carbocycles. The Morgan fingerprint density at radius 3 is 2.79 bits per heavy atom. The average molecular weight is 200 g/mol. The van der Waals surface area contributed by atoms with Crippen molar-refractivity contribution in [3.63, 3.8) is 0 Å². The zero-order chi connectivity index (χ0) is 10.9. The summed E-state index contributed by atoms with van der Waals surface area (Å²) in [5, 5.41) is 23.9. The molecule has 0 saturated carbocycles. The van der Waals surface area contributed by atoms with E-state index >= 15 is 0 Å². The Kier molecular flexibility index (Phi) is 2.82. The van der Waals surface area contributed by atoms with Gasteiger partial charge in [0.25, 0.3) is 0 Å². The third-order valence-corrected chi connectivity index (χ3v) is 1.94. The molecule has 0 fully saturated rings. The van der Waals surface area contributed by atoms with Crippen LogP contribution in [-0.4, -0.2) is 25.9 Å². The van der Waals surface area contributed by atoms with Gasteiger partial charge in [-0.1, -0.05) is 0 Å². The molecule has 7 heteroatoms. The van der Waals surface area contributed by atoms with Crippen LogP contribution < -0.4 is 5.73 Å². The zero-order valence-corrected chi connectivity index (χ0v) is 7.91. The SMILES string of the molecule is CC(N)C(O)c1c([N+](=O)[O-])cnn1C. The summed E-state index contributed by atoms with van der Waals surface area (Å²) in [6, 6.07) is -0.580. The number of aliphatic hydroxyl groups excluding tert-OH is 1. The van der Waals surface area contributed by atoms with Gasteiger partial charge in [-0.25, -0.2) is 0 Å². The lowest BCUT2D eigenvalue weighted by Crippen LogP contribution is -2.26. The fourth-order valence-electron chi connectivity index (χ4n) is 1.17. The van der Waals surface area contributed by atoms with Gasteiger partial charge in [-0.15, -0.1) is 0 Å². The third-order valence-electron chi connectivity index (χ3n) is 1.94. The van der Waals surface area contributed by atoms with Gasteiger partial charge in [0.05, 0.1) is 4.92 Å². The van der Waals surface area contributed by atoms with E-state index in [9.17, 15) is 15.2 Å². The van der Waals surface area contributed by atoms with E-state index in [1.165, 1.54) is 11.7 Å². The van der Waals surface area contributed by atoms with Crippen molar-refractivity contribution in [2.45, 2.75) is 19.1 Å². The number of nitro groups is 1. The molecule has 2 atom stereocenters. The molecule has 0 saturated heterocycles. The second-order valence-corrected chi connectivity index (χ2v) is 3.10. The lowest BCUT2D eigenvalue weighted by molar-refractivity contribution is -0.386. The zero-order valence-electron chi connectivity index (χ0n) is 7.91. The van der Waals surface area contributed by atoms with E-state index in [1.54, 1.807) is 6.92 Å². The van der Waals surface area contributed by atoms with Crippen molar-refractivity contribution in [1.82, 2.24) is 9.78 Å². The second kappa shape index (κ2) is 3.72. The molecule has 78 valence electrons. The fraction of sp³-hybridized carbons (Fsp3) is 0.571. The Morgan fingerprint density at radius 1 is 1.79 bits per heavy atom. The van der Waals surface area contributed by atoms with Crippen molar-refractivity contribution < 1.29 is 10.0 Å². The minimum absolute atomic E-state index is 0.130. The van der Waals surface area contributed by atoms with E-state index in [1.807, 2.05) is 0 Å². The predicted octanol–water partition coefficient (Wildman–Crippen LogP) is -0.291. The van der Waals surface area contributed by atoms with Gasteiger partial charge in [-0.05, 0) is 6.92 Å². The quantitative estimate of drug-likeness (QED) is 0.515. The van der Waals surface area contributed by atoms with Crippen LogP contribution in [0.4, 0.5) is 5.69 Å². The van der Waals surface area contributed by atoms with Gasteiger partial charge >= 0.3 is 5.69 Å². The lowest BCUT2D eigenvalue weighted by atomic mass is 10.1. The highest BCUT2D eigenvalue weighted by Gasteiger charge is 2.27. The fourth-order valence-corrected chi connectivity index (χ4v) is 1.17.